The fraction of sp³-hybridized carbons (Fsp3) is 0.455. The molecule has 0 spiro atoms. The van der Waals surface area contributed by atoms with Gasteiger partial charge in [-0.2, -0.15) is 0 Å². The average Bonchev–Trinajstić information content (AvgIpc) is 2.75. The lowest BCUT2D eigenvalue weighted by atomic mass is 10.1. The maximum absolute atomic E-state index is 5.85. The van der Waals surface area contributed by atoms with Crippen LogP contribution in [0.1, 0.15) is 5.56 Å². The molecule has 88 valence electrons. The van der Waals surface area contributed by atoms with Crippen LogP contribution in [0.5, 0.6) is 0 Å². The van der Waals surface area contributed by atoms with E-state index in [0.717, 1.165) is 5.56 Å². The quantitative estimate of drug-likeness (QED) is 0.791. The summed E-state index contributed by atoms with van der Waals surface area (Å²) in [5.41, 5.74) is 0.946. The van der Waals surface area contributed by atoms with Gasteiger partial charge in [-0.05, 0) is 12.1 Å². The lowest BCUT2D eigenvalue weighted by molar-refractivity contribution is -0.154. The molecular formula is C11H11BrCl2O2. The van der Waals surface area contributed by atoms with Gasteiger partial charge >= 0.3 is 0 Å². The molecule has 1 saturated heterocycles. The van der Waals surface area contributed by atoms with E-state index >= 15 is 0 Å². The standard InChI is InChI=1S/C11H11BrCl2O2/c12-7-11(15-6-10(5-13)16-11)8-1-3-9(14)4-2-8/h1-4,10H,5-7H2/t10-,11-/m1/s1. The molecule has 0 aliphatic carbocycles. The first-order chi connectivity index (χ1) is 7.70. The Bertz CT molecular complexity index is 358. The molecule has 2 nitrogen and oxygen atoms in total. The van der Waals surface area contributed by atoms with Gasteiger partial charge in [0.2, 0.25) is 5.79 Å². The zero-order chi connectivity index (χ0) is 11.6. The molecule has 1 aromatic rings. The van der Waals surface area contributed by atoms with Crippen LogP contribution >= 0.6 is 39.1 Å². The van der Waals surface area contributed by atoms with Crippen molar-refractivity contribution in [2.45, 2.75) is 11.9 Å². The first-order valence-corrected chi connectivity index (χ1v) is 6.93. The van der Waals surface area contributed by atoms with Crippen molar-refractivity contribution < 1.29 is 9.47 Å². The Labute approximate surface area is 113 Å². The maximum atomic E-state index is 5.85. The summed E-state index contributed by atoms with van der Waals surface area (Å²) in [5.74, 6) is -0.299. The molecule has 0 radical (unpaired) electrons. The Balaban J connectivity index is 2.25. The van der Waals surface area contributed by atoms with Gasteiger partial charge in [-0.15, -0.1) is 11.6 Å². The molecule has 0 unspecified atom stereocenters. The van der Waals surface area contributed by atoms with Crippen LogP contribution in [0.3, 0.4) is 0 Å². The zero-order valence-corrected chi connectivity index (χ0v) is 11.6. The summed E-state index contributed by atoms with van der Waals surface area (Å²) in [6.07, 6.45) is -0.0603. The number of alkyl halides is 2. The van der Waals surface area contributed by atoms with E-state index in [1.807, 2.05) is 24.3 Å². The van der Waals surface area contributed by atoms with E-state index in [1.165, 1.54) is 0 Å². The van der Waals surface area contributed by atoms with Gasteiger partial charge < -0.3 is 9.47 Å². The van der Waals surface area contributed by atoms with E-state index in [2.05, 4.69) is 15.9 Å². The molecule has 0 amide bonds. The molecule has 0 N–H and O–H groups in total. The molecule has 1 fully saturated rings. The molecule has 0 saturated carbocycles. The minimum absolute atomic E-state index is 0.0603. The van der Waals surface area contributed by atoms with Gasteiger partial charge in [0.1, 0.15) is 0 Å². The van der Waals surface area contributed by atoms with Crippen LogP contribution in [-0.4, -0.2) is 23.9 Å². The van der Waals surface area contributed by atoms with Crippen molar-refractivity contribution in [3.8, 4) is 0 Å². The van der Waals surface area contributed by atoms with Crippen LogP contribution in [0.15, 0.2) is 24.3 Å². The topological polar surface area (TPSA) is 18.5 Å². The minimum atomic E-state index is -0.732. The van der Waals surface area contributed by atoms with Gasteiger partial charge in [-0.25, -0.2) is 0 Å². The van der Waals surface area contributed by atoms with Gasteiger partial charge in [0, 0.05) is 10.6 Å². The summed E-state index contributed by atoms with van der Waals surface area (Å²) in [4.78, 5) is 0. The number of halogens is 3. The lowest BCUT2D eigenvalue weighted by Gasteiger charge is -2.26. The molecule has 0 bridgehead atoms. The number of benzene rings is 1. The van der Waals surface area contributed by atoms with Crippen LogP contribution in [0.4, 0.5) is 0 Å². The van der Waals surface area contributed by atoms with Crippen LogP contribution in [0.25, 0.3) is 0 Å². The van der Waals surface area contributed by atoms with E-state index in [4.69, 9.17) is 32.7 Å². The highest BCUT2D eigenvalue weighted by Gasteiger charge is 2.42. The minimum Gasteiger partial charge on any atom is -0.342 e. The SMILES string of the molecule is ClC[C@@H]1CO[C@@](CBr)(c2ccc(Cl)cc2)O1. The number of rotatable bonds is 3. The van der Waals surface area contributed by atoms with Crippen LogP contribution in [0, 0.1) is 0 Å². The summed E-state index contributed by atoms with van der Waals surface area (Å²) in [5, 5.41) is 1.26. The Morgan fingerprint density at radius 1 is 1.38 bits per heavy atom. The summed E-state index contributed by atoms with van der Waals surface area (Å²) in [7, 11) is 0. The molecule has 1 aromatic carbocycles. The van der Waals surface area contributed by atoms with Gasteiger partial charge in [0.05, 0.1) is 23.9 Å². The Hall–Kier alpha value is 0.200. The Morgan fingerprint density at radius 2 is 2.06 bits per heavy atom. The van der Waals surface area contributed by atoms with E-state index in [-0.39, 0.29) is 6.10 Å². The van der Waals surface area contributed by atoms with Crippen LogP contribution < -0.4 is 0 Å². The first kappa shape index (κ1) is 12.7. The largest absolute Gasteiger partial charge is 0.342 e. The van der Waals surface area contributed by atoms with Crippen molar-refractivity contribution in [2.24, 2.45) is 0 Å². The highest BCUT2D eigenvalue weighted by molar-refractivity contribution is 9.09. The van der Waals surface area contributed by atoms with Gasteiger partial charge in [0.15, 0.2) is 0 Å². The summed E-state index contributed by atoms with van der Waals surface area (Å²) >= 11 is 15.0. The molecular weight excluding hydrogens is 315 g/mol. The van der Waals surface area contributed by atoms with Crippen molar-refractivity contribution in [1.82, 2.24) is 0 Å². The van der Waals surface area contributed by atoms with Crippen LogP contribution in [-0.2, 0) is 15.3 Å². The second kappa shape index (κ2) is 5.23. The number of hydrogen-bond acceptors (Lipinski definition) is 2. The molecule has 1 aliphatic heterocycles. The van der Waals surface area contributed by atoms with Crippen molar-refractivity contribution >= 4 is 39.1 Å². The Kier molecular flexibility index (Phi) is 4.14. The molecule has 1 aliphatic rings. The Morgan fingerprint density at radius 3 is 2.56 bits per heavy atom. The third-order valence-corrected chi connectivity index (χ3v) is 3.83. The zero-order valence-electron chi connectivity index (χ0n) is 8.46. The fourth-order valence-electron chi connectivity index (χ4n) is 1.64. The summed E-state index contributed by atoms with van der Waals surface area (Å²) in [6, 6.07) is 7.45. The van der Waals surface area contributed by atoms with E-state index < -0.39 is 5.79 Å². The second-order valence-corrected chi connectivity index (χ2v) is 4.90. The third kappa shape index (κ3) is 2.39. The summed E-state index contributed by atoms with van der Waals surface area (Å²) in [6.45, 7) is 0.512. The monoisotopic (exact) mass is 324 g/mol. The van der Waals surface area contributed by atoms with E-state index in [9.17, 15) is 0 Å². The number of ether oxygens (including phenoxy) is 2. The predicted molar refractivity (Wildman–Crippen MR) is 68.5 cm³/mol. The molecule has 2 atom stereocenters. The normalized spacial score (nSPS) is 29.6. The maximum Gasteiger partial charge on any atom is 0.205 e. The van der Waals surface area contributed by atoms with Crippen LogP contribution in [0.2, 0.25) is 5.02 Å². The molecule has 5 heteroatoms. The highest BCUT2D eigenvalue weighted by atomic mass is 79.9. The van der Waals surface area contributed by atoms with E-state index in [1.54, 1.807) is 0 Å². The van der Waals surface area contributed by atoms with Crippen molar-refractivity contribution in [3.63, 3.8) is 0 Å². The first-order valence-electron chi connectivity index (χ1n) is 4.90. The van der Waals surface area contributed by atoms with Crippen molar-refractivity contribution in [2.75, 3.05) is 17.8 Å². The van der Waals surface area contributed by atoms with E-state index in [0.29, 0.717) is 22.8 Å². The number of hydrogen-bond donors (Lipinski definition) is 0. The average molecular weight is 326 g/mol. The second-order valence-electron chi connectivity index (χ2n) is 3.60. The third-order valence-electron chi connectivity index (χ3n) is 2.49. The molecule has 2 rings (SSSR count). The van der Waals surface area contributed by atoms with Crippen molar-refractivity contribution in [3.05, 3.63) is 34.9 Å². The van der Waals surface area contributed by atoms with Gasteiger partial charge in [-0.3, -0.25) is 0 Å². The highest BCUT2D eigenvalue weighted by Crippen LogP contribution is 2.36. The molecule has 0 aromatic heterocycles. The molecule has 1 heterocycles. The lowest BCUT2D eigenvalue weighted by Crippen LogP contribution is -2.30. The van der Waals surface area contributed by atoms with Crippen molar-refractivity contribution in [1.29, 1.82) is 0 Å². The smallest absolute Gasteiger partial charge is 0.205 e. The van der Waals surface area contributed by atoms with Gasteiger partial charge in [0.25, 0.3) is 0 Å². The summed E-state index contributed by atoms with van der Waals surface area (Å²) < 4.78 is 11.6. The predicted octanol–water partition coefficient (Wildman–Crippen LogP) is 3.54. The van der Waals surface area contributed by atoms with Gasteiger partial charge in [-0.1, -0.05) is 39.7 Å². The molecule has 16 heavy (non-hydrogen) atoms. The fourth-order valence-corrected chi connectivity index (χ4v) is 2.54.